The quantitative estimate of drug-likeness (QED) is 0.440. The number of rotatable bonds is 3. The van der Waals surface area contributed by atoms with Gasteiger partial charge in [0, 0.05) is 34.4 Å². The summed E-state index contributed by atoms with van der Waals surface area (Å²) < 4.78 is 0. The minimum Gasteiger partial charge on any atom is -0.398 e. The van der Waals surface area contributed by atoms with Gasteiger partial charge in [-0.25, -0.2) is 0 Å². The van der Waals surface area contributed by atoms with Crippen molar-refractivity contribution in [2.45, 2.75) is 26.7 Å². The van der Waals surface area contributed by atoms with E-state index in [4.69, 9.17) is 10.7 Å². The number of hydrogen-bond acceptors (Lipinski definition) is 4. The van der Waals surface area contributed by atoms with Crippen molar-refractivity contribution < 1.29 is 0 Å². The standard InChI is InChI=1S/C21H20N4O/c1-12-3-8-17(22)20-16-7-6-15(25-18(16)11-24-21(12)20)5-4-14-10-23-19(26)9-13(14)2/h3,6-11H,4-5,22H2,1-2H3,(H,23,26). The Kier molecular flexibility index (Phi) is 3.92. The van der Waals surface area contributed by atoms with Crippen LogP contribution in [0.2, 0.25) is 0 Å². The van der Waals surface area contributed by atoms with Gasteiger partial charge in [0.15, 0.2) is 0 Å². The summed E-state index contributed by atoms with van der Waals surface area (Å²) >= 11 is 0. The van der Waals surface area contributed by atoms with Gasteiger partial charge in [-0.1, -0.05) is 12.1 Å². The average molecular weight is 344 g/mol. The van der Waals surface area contributed by atoms with Gasteiger partial charge in [0.25, 0.3) is 0 Å². The smallest absolute Gasteiger partial charge is 0.248 e. The number of nitrogens with two attached hydrogens (primary N) is 1. The maximum absolute atomic E-state index is 11.3. The molecule has 0 saturated heterocycles. The van der Waals surface area contributed by atoms with Crippen LogP contribution >= 0.6 is 0 Å². The monoisotopic (exact) mass is 344 g/mol. The molecule has 0 spiro atoms. The molecule has 0 saturated carbocycles. The minimum absolute atomic E-state index is 0.0686. The first-order chi connectivity index (χ1) is 12.5. The molecule has 3 aromatic heterocycles. The molecule has 0 bridgehead atoms. The third kappa shape index (κ3) is 2.81. The van der Waals surface area contributed by atoms with Gasteiger partial charge in [-0.05, 0) is 55.5 Å². The average Bonchev–Trinajstić information content (AvgIpc) is 2.63. The van der Waals surface area contributed by atoms with Crippen LogP contribution in [0.25, 0.3) is 21.8 Å². The number of nitrogens with one attached hydrogen (secondary N) is 1. The van der Waals surface area contributed by atoms with Gasteiger partial charge in [-0.15, -0.1) is 0 Å². The first kappa shape index (κ1) is 16.3. The molecular weight excluding hydrogens is 324 g/mol. The van der Waals surface area contributed by atoms with Crippen molar-refractivity contribution in [3.63, 3.8) is 0 Å². The lowest BCUT2D eigenvalue weighted by molar-refractivity contribution is 0.902. The van der Waals surface area contributed by atoms with Gasteiger partial charge in [-0.2, -0.15) is 0 Å². The van der Waals surface area contributed by atoms with E-state index in [1.807, 2.05) is 38.2 Å². The van der Waals surface area contributed by atoms with Gasteiger partial charge in [0.1, 0.15) is 0 Å². The van der Waals surface area contributed by atoms with Crippen LogP contribution in [0.15, 0.2) is 47.5 Å². The lowest BCUT2D eigenvalue weighted by Gasteiger charge is -2.10. The van der Waals surface area contributed by atoms with E-state index in [1.54, 1.807) is 12.3 Å². The zero-order valence-electron chi connectivity index (χ0n) is 14.8. The molecule has 0 aliphatic carbocycles. The van der Waals surface area contributed by atoms with Crippen molar-refractivity contribution in [1.29, 1.82) is 0 Å². The molecule has 0 fully saturated rings. The van der Waals surface area contributed by atoms with E-state index in [0.717, 1.165) is 62.7 Å². The van der Waals surface area contributed by atoms with Gasteiger partial charge < -0.3 is 10.7 Å². The maximum atomic E-state index is 11.3. The Bertz CT molecular complexity index is 1190. The Morgan fingerprint density at radius 3 is 2.73 bits per heavy atom. The third-order valence-electron chi connectivity index (χ3n) is 4.87. The second-order valence-electron chi connectivity index (χ2n) is 6.69. The third-order valence-corrected chi connectivity index (χ3v) is 4.87. The maximum Gasteiger partial charge on any atom is 0.248 e. The molecule has 0 aliphatic rings. The number of H-pyrrole nitrogens is 1. The van der Waals surface area contributed by atoms with Crippen LogP contribution in [0.4, 0.5) is 5.69 Å². The van der Waals surface area contributed by atoms with E-state index in [9.17, 15) is 4.79 Å². The highest BCUT2D eigenvalue weighted by atomic mass is 16.1. The molecule has 5 heteroatoms. The van der Waals surface area contributed by atoms with Gasteiger partial charge in [0.05, 0.1) is 17.2 Å². The number of aromatic nitrogens is 3. The molecule has 4 aromatic rings. The van der Waals surface area contributed by atoms with Crippen LogP contribution < -0.4 is 11.3 Å². The lowest BCUT2D eigenvalue weighted by atomic mass is 10.0. The van der Waals surface area contributed by atoms with E-state index in [-0.39, 0.29) is 5.56 Å². The number of aryl methyl sites for hydroxylation is 4. The predicted molar refractivity (Wildman–Crippen MR) is 105 cm³/mol. The van der Waals surface area contributed by atoms with Crippen molar-refractivity contribution >= 4 is 27.5 Å². The first-order valence-electron chi connectivity index (χ1n) is 8.64. The largest absolute Gasteiger partial charge is 0.398 e. The summed E-state index contributed by atoms with van der Waals surface area (Å²) in [7, 11) is 0. The van der Waals surface area contributed by atoms with E-state index < -0.39 is 0 Å². The number of hydrogen-bond donors (Lipinski definition) is 2. The topological polar surface area (TPSA) is 84.7 Å². The van der Waals surface area contributed by atoms with Crippen LogP contribution in [0.1, 0.15) is 22.4 Å². The Morgan fingerprint density at radius 2 is 1.92 bits per heavy atom. The molecule has 3 heterocycles. The summed E-state index contributed by atoms with van der Waals surface area (Å²) in [6.45, 7) is 3.99. The summed E-state index contributed by atoms with van der Waals surface area (Å²) in [6.07, 6.45) is 5.23. The van der Waals surface area contributed by atoms with E-state index in [1.165, 1.54) is 0 Å². The molecule has 1 aromatic carbocycles. The molecule has 130 valence electrons. The van der Waals surface area contributed by atoms with Crippen molar-refractivity contribution in [1.82, 2.24) is 15.0 Å². The Hall–Kier alpha value is -3.21. The highest BCUT2D eigenvalue weighted by Gasteiger charge is 2.09. The number of anilines is 1. The molecule has 0 atom stereocenters. The molecule has 0 unspecified atom stereocenters. The zero-order chi connectivity index (χ0) is 18.3. The number of fused-ring (bicyclic) bond motifs is 3. The second-order valence-corrected chi connectivity index (χ2v) is 6.69. The van der Waals surface area contributed by atoms with Crippen molar-refractivity contribution in [3.8, 4) is 0 Å². The minimum atomic E-state index is -0.0686. The lowest BCUT2D eigenvalue weighted by Crippen LogP contribution is -2.07. The molecular formula is C21H20N4O. The number of nitrogen functional groups attached to an aromatic ring is 1. The van der Waals surface area contributed by atoms with Crippen molar-refractivity contribution in [3.05, 3.63) is 75.5 Å². The van der Waals surface area contributed by atoms with Crippen molar-refractivity contribution in [2.24, 2.45) is 0 Å². The van der Waals surface area contributed by atoms with E-state index in [0.29, 0.717) is 0 Å². The van der Waals surface area contributed by atoms with Crippen LogP contribution in [-0.2, 0) is 12.8 Å². The molecule has 26 heavy (non-hydrogen) atoms. The van der Waals surface area contributed by atoms with Crippen LogP contribution in [-0.4, -0.2) is 15.0 Å². The second kappa shape index (κ2) is 6.26. The molecule has 0 radical (unpaired) electrons. The number of benzene rings is 1. The molecule has 5 nitrogen and oxygen atoms in total. The predicted octanol–water partition coefficient (Wildman–Crippen LogP) is 3.46. The van der Waals surface area contributed by atoms with E-state index in [2.05, 4.69) is 16.0 Å². The summed E-state index contributed by atoms with van der Waals surface area (Å²) in [5.41, 5.74) is 12.9. The van der Waals surface area contributed by atoms with Gasteiger partial charge >= 0.3 is 0 Å². The fourth-order valence-electron chi connectivity index (χ4n) is 3.39. The zero-order valence-corrected chi connectivity index (χ0v) is 14.8. The Morgan fingerprint density at radius 1 is 1.08 bits per heavy atom. The SMILES string of the molecule is Cc1cc(=O)[nH]cc1CCc1ccc2c(cnc3c(C)ccc(N)c32)n1. The summed E-state index contributed by atoms with van der Waals surface area (Å²) in [5.74, 6) is 0. The summed E-state index contributed by atoms with van der Waals surface area (Å²) in [5, 5.41) is 2.00. The fraction of sp³-hybridized carbons (Fsp3) is 0.190. The fourth-order valence-corrected chi connectivity index (χ4v) is 3.39. The molecule has 3 N–H and O–H groups in total. The summed E-state index contributed by atoms with van der Waals surface area (Å²) in [6, 6.07) is 9.67. The van der Waals surface area contributed by atoms with E-state index >= 15 is 0 Å². The number of aromatic amines is 1. The first-order valence-corrected chi connectivity index (χ1v) is 8.64. The molecule has 4 rings (SSSR count). The van der Waals surface area contributed by atoms with Crippen LogP contribution in [0, 0.1) is 13.8 Å². The molecule has 0 aliphatic heterocycles. The molecule has 0 amide bonds. The van der Waals surface area contributed by atoms with Gasteiger partial charge in [0.2, 0.25) is 5.56 Å². The Balaban J connectivity index is 1.71. The number of nitrogens with zero attached hydrogens (tertiary/aromatic N) is 2. The van der Waals surface area contributed by atoms with Crippen LogP contribution in [0.3, 0.4) is 0 Å². The van der Waals surface area contributed by atoms with Gasteiger partial charge in [-0.3, -0.25) is 14.8 Å². The highest BCUT2D eigenvalue weighted by molar-refractivity contribution is 6.10. The number of pyridine rings is 3. The Labute approximate surface area is 150 Å². The van der Waals surface area contributed by atoms with Crippen molar-refractivity contribution in [2.75, 3.05) is 5.73 Å². The van der Waals surface area contributed by atoms with Crippen LogP contribution in [0.5, 0.6) is 0 Å². The highest BCUT2D eigenvalue weighted by Crippen LogP contribution is 2.29. The normalized spacial score (nSPS) is 11.3. The summed E-state index contributed by atoms with van der Waals surface area (Å²) in [4.78, 5) is 23.4.